The number of aromatic nitrogens is 3. The summed E-state index contributed by atoms with van der Waals surface area (Å²) in [7, 11) is 0. The summed E-state index contributed by atoms with van der Waals surface area (Å²) in [6.07, 6.45) is -4.68. The van der Waals surface area contributed by atoms with E-state index in [9.17, 15) is 28.2 Å². The number of piperidine rings is 1. The Labute approximate surface area is 198 Å². The number of hydrogen-bond donors (Lipinski definition) is 3. The number of halogens is 3. The summed E-state index contributed by atoms with van der Waals surface area (Å²) >= 11 is 0. The topological polar surface area (TPSA) is 125 Å². The molecule has 0 unspecified atom stereocenters. The molecule has 3 N–H and O–H groups in total. The van der Waals surface area contributed by atoms with E-state index in [0.717, 1.165) is 18.2 Å². The minimum atomic E-state index is -4.70. The first-order chi connectivity index (χ1) is 16.5. The molecule has 1 fully saturated rings. The van der Waals surface area contributed by atoms with E-state index in [4.69, 9.17) is 4.52 Å². The van der Waals surface area contributed by atoms with Crippen molar-refractivity contribution in [2.24, 2.45) is 0 Å². The van der Waals surface area contributed by atoms with Crippen molar-refractivity contribution in [2.75, 3.05) is 18.4 Å². The Kier molecular flexibility index (Phi) is 6.30. The maximum atomic E-state index is 13.8. The van der Waals surface area contributed by atoms with Crippen LogP contribution in [0.3, 0.4) is 0 Å². The van der Waals surface area contributed by atoms with Crippen LogP contribution in [0, 0.1) is 20.8 Å². The van der Waals surface area contributed by atoms with E-state index in [0.29, 0.717) is 60.0 Å². The third-order valence-electron chi connectivity index (χ3n) is 6.07. The van der Waals surface area contributed by atoms with E-state index in [2.05, 4.69) is 20.4 Å². The molecule has 3 aromatic rings. The Hall–Kier alpha value is -3.83. The van der Waals surface area contributed by atoms with Gasteiger partial charge in [0.25, 0.3) is 0 Å². The fourth-order valence-electron chi connectivity index (χ4n) is 4.21. The van der Waals surface area contributed by atoms with E-state index >= 15 is 0 Å². The second-order valence-electron chi connectivity index (χ2n) is 8.48. The van der Waals surface area contributed by atoms with E-state index < -0.39 is 17.8 Å². The first-order valence-electron chi connectivity index (χ1n) is 10.9. The number of aryl methyl sites for hydroxylation is 2. The lowest BCUT2D eigenvalue weighted by Gasteiger charge is -2.31. The number of hydrogen-bond acceptors (Lipinski definition) is 7. The number of alkyl halides is 3. The van der Waals surface area contributed by atoms with Gasteiger partial charge in [-0.1, -0.05) is 5.16 Å². The first kappa shape index (κ1) is 24.3. The molecule has 1 aromatic carbocycles. The molecule has 186 valence electrons. The molecule has 0 radical (unpaired) electrons. The Morgan fingerprint density at radius 2 is 1.86 bits per heavy atom. The second-order valence-corrected chi connectivity index (χ2v) is 8.48. The van der Waals surface area contributed by atoms with Crippen LogP contribution < -0.4 is 5.32 Å². The molecular formula is C23H24F3N5O4. The second kappa shape index (κ2) is 9.08. The summed E-state index contributed by atoms with van der Waals surface area (Å²) in [6.45, 7) is 5.78. The highest BCUT2D eigenvalue weighted by Crippen LogP contribution is 2.40. The molecule has 12 heteroatoms. The van der Waals surface area contributed by atoms with Crippen LogP contribution in [-0.2, 0) is 6.18 Å². The van der Waals surface area contributed by atoms with Crippen molar-refractivity contribution < 1.29 is 32.7 Å². The van der Waals surface area contributed by atoms with Crippen molar-refractivity contribution in [3.05, 3.63) is 40.8 Å². The van der Waals surface area contributed by atoms with Gasteiger partial charge < -0.3 is 25.0 Å². The Balaban J connectivity index is 1.84. The van der Waals surface area contributed by atoms with Gasteiger partial charge in [0.05, 0.1) is 22.5 Å². The summed E-state index contributed by atoms with van der Waals surface area (Å²) in [4.78, 5) is 21.4. The lowest BCUT2D eigenvalue weighted by Crippen LogP contribution is -2.41. The lowest BCUT2D eigenvalue weighted by molar-refractivity contribution is -0.137. The van der Waals surface area contributed by atoms with Crippen molar-refractivity contribution in [2.45, 2.75) is 45.8 Å². The molecule has 1 aliphatic rings. The minimum Gasteiger partial charge on any atom is -0.508 e. The fourth-order valence-corrected chi connectivity index (χ4v) is 4.21. The van der Waals surface area contributed by atoms with Gasteiger partial charge >= 0.3 is 12.3 Å². The average molecular weight is 491 g/mol. The Bertz CT molecular complexity index is 1250. The molecule has 0 spiro atoms. The highest BCUT2D eigenvalue weighted by Gasteiger charge is 2.35. The zero-order valence-electron chi connectivity index (χ0n) is 19.3. The predicted octanol–water partition coefficient (Wildman–Crippen LogP) is 5.00. The largest absolute Gasteiger partial charge is 0.508 e. The minimum absolute atomic E-state index is 0.143. The number of aromatic hydroxyl groups is 1. The molecule has 1 aliphatic heterocycles. The van der Waals surface area contributed by atoms with Crippen LogP contribution in [-0.4, -0.2) is 55.5 Å². The highest BCUT2D eigenvalue weighted by atomic mass is 19.4. The van der Waals surface area contributed by atoms with Crippen LogP contribution >= 0.6 is 0 Å². The summed E-state index contributed by atoms with van der Waals surface area (Å²) in [5.41, 5.74) is 0.649. The number of rotatable bonds is 4. The maximum absolute atomic E-state index is 13.8. The van der Waals surface area contributed by atoms with Gasteiger partial charge in [-0.25, -0.2) is 14.8 Å². The number of likely N-dealkylation sites (tertiary alicyclic amines) is 1. The lowest BCUT2D eigenvalue weighted by atomic mass is 10.0. The summed E-state index contributed by atoms with van der Waals surface area (Å²) < 4.78 is 46.6. The van der Waals surface area contributed by atoms with Crippen molar-refractivity contribution in [3.63, 3.8) is 0 Å². The van der Waals surface area contributed by atoms with Crippen molar-refractivity contribution in [1.29, 1.82) is 0 Å². The molecule has 1 amide bonds. The zero-order valence-corrected chi connectivity index (χ0v) is 19.3. The van der Waals surface area contributed by atoms with Crippen molar-refractivity contribution in [3.8, 4) is 28.4 Å². The monoisotopic (exact) mass is 491 g/mol. The van der Waals surface area contributed by atoms with Crippen LogP contribution in [0.25, 0.3) is 22.6 Å². The van der Waals surface area contributed by atoms with Gasteiger partial charge in [-0.15, -0.1) is 0 Å². The molecule has 3 heterocycles. The van der Waals surface area contributed by atoms with Gasteiger partial charge in [-0.2, -0.15) is 13.2 Å². The first-order valence-corrected chi connectivity index (χ1v) is 10.9. The van der Waals surface area contributed by atoms with Crippen LogP contribution in [0.15, 0.2) is 22.7 Å². The van der Waals surface area contributed by atoms with Gasteiger partial charge in [0, 0.05) is 30.3 Å². The standard InChI is InChI=1S/C23H24F3N5O4/c1-11-19(18-12(2)30-35-13(18)3)28-21(16-10-15(32)4-5-17(16)23(24,25)26)29-20(11)27-14-6-8-31(9-7-14)22(33)34/h4-5,10,14,32H,6-9H2,1-3H3,(H,33,34)(H,27,28,29). The number of carboxylic acid groups (broad SMARTS) is 1. The number of phenolic OH excluding ortho intramolecular Hbond substituents is 1. The van der Waals surface area contributed by atoms with E-state index in [1.807, 2.05) is 0 Å². The third-order valence-corrected chi connectivity index (χ3v) is 6.07. The number of nitrogens with one attached hydrogen (secondary N) is 1. The van der Waals surface area contributed by atoms with E-state index in [1.54, 1.807) is 20.8 Å². The molecule has 0 aliphatic carbocycles. The number of nitrogens with zero attached hydrogens (tertiary/aromatic N) is 4. The molecule has 0 bridgehead atoms. The van der Waals surface area contributed by atoms with Gasteiger partial charge in [-0.05, 0) is 51.8 Å². The van der Waals surface area contributed by atoms with Crippen LogP contribution in [0.4, 0.5) is 23.8 Å². The summed E-state index contributed by atoms with van der Waals surface area (Å²) in [6, 6.07) is 2.60. The van der Waals surface area contributed by atoms with Gasteiger partial charge in [0.15, 0.2) is 5.82 Å². The van der Waals surface area contributed by atoms with E-state index in [1.165, 1.54) is 4.90 Å². The van der Waals surface area contributed by atoms with Crippen molar-refractivity contribution >= 4 is 11.9 Å². The molecule has 4 rings (SSSR count). The molecule has 0 atom stereocenters. The summed E-state index contributed by atoms with van der Waals surface area (Å²) in [5.74, 6) is 0.184. The van der Waals surface area contributed by atoms with Gasteiger partial charge in [0.1, 0.15) is 17.3 Å². The quantitative estimate of drug-likeness (QED) is 0.466. The Morgan fingerprint density at radius 1 is 1.17 bits per heavy atom. The molecule has 0 saturated carbocycles. The van der Waals surface area contributed by atoms with Crippen LogP contribution in [0.1, 0.15) is 35.4 Å². The van der Waals surface area contributed by atoms with E-state index in [-0.39, 0.29) is 23.2 Å². The average Bonchev–Trinajstić information content (AvgIpc) is 3.12. The van der Waals surface area contributed by atoms with Crippen LogP contribution in [0.2, 0.25) is 0 Å². The molecular weight excluding hydrogens is 467 g/mol. The fraction of sp³-hybridized carbons (Fsp3) is 0.391. The number of benzene rings is 1. The molecule has 1 saturated heterocycles. The molecule has 35 heavy (non-hydrogen) atoms. The Morgan fingerprint density at radius 3 is 2.43 bits per heavy atom. The number of amides is 1. The SMILES string of the molecule is Cc1noc(C)c1-c1nc(-c2cc(O)ccc2C(F)(F)F)nc(NC2CCN(C(=O)O)CC2)c1C. The number of phenols is 1. The van der Waals surface area contributed by atoms with Crippen molar-refractivity contribution in [1.82, 2.24) is 20.0 Å². The molecule has 2 aromatic heterocycles. The van der Waals surface area contributed by atoms with Crippen LogP contribution in [0.5, 0.6) is 5.75 Å². The van der Waals surface area contributed by atoms with Gasteiger partial charge in [-0.3, -0.25) is 0 Å². The number of carbonyl (C=O) groups is 1. The smallest absolute Gasteiger partial charge is 0.417 e. The number of anilines is 1. The molecule has 9 nitrogen and oxygen atoms in total. The predicted molar refractivity (Wildman–Crippen MR) is 120 cm³/mol. The normalized spacial score (nSPS) is 14.9. The zero-order chi connectivity index (χ0) is 25.5. The maximum Gasteiger partial charge on any atom is 0.417 e. The van der Waals surface area contributed by atoms with Gasteiger partial charge in [0.2, 0.25) is 0 Å². The third kappa shape index (κ3) is 4.86. The highest BCUT2D eigenvalue weighted by molar-refractivity contribution is 5.75. The summed E-state index contributed by atoms with van der Waals surface area (Å²) in [5, 5.41) is 26.3.